The summed E-state index contributed by atoms with van der Waals surface area (Å²) >= 11 is 0. The summed E-state index contributed by atoms with van der Waals surface area (Å²) in [4.78, 5) is 47.7. The van der Waals surface area contributed by atoms with Crippen molar-refractivity contribution in [3.63, 3.8) is 0 Å². The summed E-state index contributed by atoms with van der Waals surface area (Å²) in [6, 6.07) is -3.18. The Morgan fingerprint density at radius 3 is 1.98 bits per heavy atom. The third-order valence-corrected chi connectivity index (χ3v) is 8.55. The highest BCUT2D eigenvalue weighted by Crippen LogP contribution is 2.38. The summed E-state index contributed by atoms with van der Waals surface area (Å²) in [6.45, 7) is 0.507. The van der Waals surface area contributed by atoms with E-state index in [0.29, 0.717) is 0 Å². The molecule has 0 aromatic rings. The Bertz CT molecular complexity index is 1210. The topological polar surface area (TPSA) is 370 Å². The number of ether oxygens (including phenoxy) is 6. The fourth-order valence-corrected chi connectivity index (χ4v) is 5.86. The molecule has 3 aliphatic heterocycles. The number of nitrogens with one attached hydrogen (secondary N) is 2. The zero-order chi connectivity index (χ0) is 38.5. The van der Waals surface area contributed by atoms with E-state index in [1.807, 2.05) is 0 Å². The van der Waals surface area contributed by atoms with Crippen molar-refractivity contribution >= 4 is 23.8 Å². The maximum absolute atomic E-state index is 12.7. The van der Waals surface area contributed by atoms with E-state index in [2.05, 4.69) is 10.6 Å². The van der Waals surface area contributed by atoms with Crippen LogP contribution in [0.2, 0.25) is 0 Å². The molecule has 294 valence electrons. The molecule has 0 spiro atoms. The Labute approximate surface area is 289 Å². The maximum atomic E-state index is 12.7. The average Bonchev–Trinajstić information content (AvgIpc) is 3.06. The number of carbonyl (C=O) groups is 4. The molecular weight excluding hydrogens is 700 g/mol. The first-order valence-electron chi connectivity index (χ1n) is 15.7. The Kier molecular flexibility index (Phi) is 15.0. The van der Waals surface area contributed by atoms with Gasteiger partial charge >= 0.3 is 11.9 Å². The van der Waals surface area contributed by atoms with Gasteiger partial charge in [-0.2, -0.15) is 0 Å². The average molecular weight is 747 g/mol. The molecule has 3 aliphatic rings. The molecule has 0 bridgehead atoms. The number of amides is 2. The van der Waals surface area contributed by atoms with Crippen LogP contribution in [0.4, 0.5) is 0 Å². The van der Waals surface area contributed by atoms with E-state index in [9.17, 15) is 70.2 Å². The quantitative estimate of drug-likeness (QED) is 0.0740. The summed E-state index contributed by atoms with van der Waals surface area (Å²) in [7, 11) is 0. The van der Waals surface area contributed by atoms with E-state index in [1.54, 1.807) is 0 Å². The number of hydrogen-bond acceptors (Lipinski definition) is 19. The van der Waals surface area contributed by atoms with Crippen LogP contribution >= 0.6 is 0 Å². The van der Waals surface area contributed by atoms with Crippen molar-refractivity contribution in [3.05, 3.63) is 0 Å². The van der Waals surface area contributed by atoms with E-state index < -0.39 is 154 Å². The van der Waals surface area contributed by atoms with Gasteiger partial charge in [-0.3, -0.25) is 9.59 Å². The molecule has 3 fully saturated rings. The van der Waals surface area contributed by atoms with Crippen LogP contribution in [0.15, 0.2) is 0 Å². The van der Waals surface area contributed by atoms with Crippen molar-refractivity contribution in [2.45, 2.75) is 131 Å². The molecule has 23 heteroatoms. The first kappa shape index (κ1) is 42.7. The summed E-state index contributed by atoms with van der Waals surface area (Å²) in [6.07, 6.45) is -27.9. The second-order valence-electron chi connectivity index (χ2n) is 12.4. The van der Waals surface area contributed by atoms with Gasteiger partial charge in [0, 0.05) is 20.3 Å². The van der Waals surface area contributed by atoms with Gasteiger partial charge in [-0.1, -0.05) is 0 Å². The summed E-state index contributed by atoms with van der Waals surface area (Å²) in [5, 5.41) is 119. The van der Waals surface area contributed by atoms with Gasteiger partial charge in [0.1, 0.15) is 67.1 Å². The predicted octanol–water partition coefficient (Wildman–Crippen LogP) is -7.58. The SMILES string of the molecule is CC(=O)N[C@@H]1[C@@H](O[C@@H]2O[C@H](CO)[C@H](O)[C@H](O[C@]3(C(=O)O)C[C@H](O)[C@@H](NC(C)=O)[C@H]([C@H](O)[C@H](O)CO)O3)[C@H]2O)[C@@H](O)[C@@H](CO[C@H](C)C(=O)O)O[C@H]1O. The van der Waals surface area contributed by atoms with Gasteiger partial charge < -0.3 is 95.2 Å². The van der Waals surface area contributed by atoms with Gasteiger partial charge in [0.05, 0.1) is 32.0 Å². The molecule has 0 aromatic carbocycles. The lowest BCUT2D eigenvalue weighted by Crippen LogP contribution is -2.71. The molecule has 0 aromatic heterocycles. The van der Waals surface area contributed by atoms with Crippen LogP contribution in [0, 0.1) is 0 Å². The fourth-order valence-electron chi connectivity index (χ4n) is 5.86. The lowest BCUT2D eigenvalue weighted by molar-refractivity contribution is -0.380. The van der Waals surface area contributed by atoms with Crippen molar-refractivity contribution < 1.29 is 104 Å². The van der Waals surface area contributed by atoms with E-state index in [1.165, 1.54) is 6.92 Å². The number of rotatable bonds is 15. The van der Waals surface area contributed by atoms with Crippen molar-refractivity contribution in [1.82, 2.24) is 10.6 Å². The standard InChI is InChI=1S/C28H46N2O21/c1-8(24(41)42)46-7-14-19(39)21(16(25(43)47-14)30-10(3)34)49-26-20(40)23(18(38)13(6-32)48-26)51-28(27(44)45)4-11(35)15(29-9(2)33)22(50-28)17(37)12(36)5-31/h8,11-23,25-26,31-32,35-40,43H,4-7H2,1-3H3,(H,29,33)(H,30,34)(H,41,42)(H,44,45)/t8-,11+,12-,13-,14-,15-,16-,17-,18+,19+,20-,21-,22-,23+,25-,26+,28+/m1/s1. The van der Waals surface area contributed by atoms with Crippen LogP contribution < -0.4 is 10.6 Å². The molecule has 51 heavy (non-hydrogen) atoms. The Morgan fingerprint density at radius 1 is 0.863 bits per heavy atom. The molecule has 3 saturated heterocycles. The third-order valence-electron chi connectivity index (χ3n) is 8.55. The molecule has 13 N–H and O–H groups in total. The van der Waals surface area contributed by atoms with E-state index in [-0.39, 0.29) is 0 Å². The predicted molar refractivity (Wildman–Crippen MR) is 158 cm³/mol. The molecule has 17 atom stereocenters. The molecule has 3 heterocycles. The van der Waals surface area contributed by atoms with Gasteiger partial charge in [0.25, 0.3) is 5.79 Å². The molecule has 23 nitrogen and oxygen atoms in total. The number of aliphatic hydroxyl groups is 9. The molecule has 0 saturated carbocycles. The van der Waals surface area contributed by atoms with Crippen molar-refractivity contribution in [3.8, 4) is 0 Å². The molecule has 2 amide bonds. The highest BCUT2D eigenvalue weighted by atomic mass is 16.8. The lowest BCUT2D eigenvalue weighted by atomic mass is 9.88. The van der Waals surface area contributed by atoms with Gasteiger partial charge in [-0.15, -0.1) is 0 Å². The summed E-state index contributed by atoms with van der Waals surface area (Å²) in [5.41, 5.74) is 0. The first-order chi connectivity index (χ1) is 23.8. The van der Waals surface area contributed by atoms with Crippen molar-refractivity contribution in [2.75, 3.05) is 19.8 Å². The largest absolute Gasteiger partial charge is 0.479 e. The Balaban J connectivity index is 1.97. The van der Waals surface area contributed by atoms with Crippen LogP contribution in [0.25, 0.3) is 0 Å². The van der Waals surface area contributed by atoms with Crippen molar-refractivity contribution in [2.24, 2.45) is 0 Å². The van der Waals surface area contributed by atoms with Gasteiger partial charge in [-0.05, 0) is 6.92 Å². The van der Waals surface area contributed by atoms with Crippen LogP contribution in [0.3, 0.4) is 0 Å². The minimum atomic E-state index is -3.08. The fraction of sp³-hybridized carbons (Fsp3) is 0.857. The van der Waals surface area contributed by atoms with Crippen LogP contribution in [-0.4, -0.2) is 203 Å². The molecular formula is C28H46N2O21. The van der Waals surface area contributed by atoms with Gasteiger partial charge in [0.15, 0.2) is 18.7 Å². The monoisotopic (exact) mass is 746 g/mol. The smallest absolute Gasteiger partial charge is 0.364 e. The minimum absolute atomic E-state index is 0.631. The highest BCUT2D eigenvalue weighted by Gasteiger charge is 2.60. The Hall–Kier alpha value is -2.72. The minimum Gasteiger partial charge on any atom is -0.479 e. The van der Waals surface area contributed by atoms with E-state index in [4.69, 9.17) is 33.5 Å². The zero-order valence-electron chi connectivity index (χ0n) is 27.6. The number of aliphatic hydroxyl groups excluding tert-OH is 9. The van der Waals surface area contributed by atoms with Gasteiger partial charge in [0.2, 0.25) is 11.8 Å². The van der Waals surface area contributed by atoms with Gasteiger partial charge in [-0.25, -0.2) is 9.59 Å². The number of aliphatic carboxylic acids is 2. The summed E-state index contributed by atoms with van der Waals surface area (Å²) < 4.78 is 32.9. The van der Waals surface area contributed by atoms with Crippen LogP contribution in [-0.2, 0) is 47.6 Å². The van der Waals surface area contributed by atoms with E-state index in [0.717, 1.165) is 13.8 Å². The maximum Gasteiger partial charge on any atom is 0.364 e. The highest BCUT2D eigenvalue weighted by molar-refractivity contribution is 5.77. The number of carboxylic acid groups (broad SMARTS) is 2. The number of carboxylic acids is 2. The van der Waals surface area contributed by atoms with Crippen molar-refractivity contribution in [1.29, 1.82) is 0 Å². The third kappa shape index (κ3) is 9.83. The molecule has 0 radical (unpaired) electrons. The van der Waals surface area contributed by atoms with Crippen LogP contribution in [0.1, 0.15) is 27.2 Å². The second-order valence-corrected chi connectivity index (χ2v) is 12.4. The summed E-state index contributed by atoms with van der Waals surface area (Å²) in [5.74, 6) is -7.99. The number of hydrogen-bond donors (Lipinski definition) is 13. The lowest BCUT2D eigenvalue weighted by Gasteiger charge is -2.50. The normalized spacial score (nSPS) is 40.4. The van der Waals surface area contributed by atoms with Crippen LogP contribution in [0.5, 0.6) is 0 Å². The van der Waals surface area contributed by atoms with E-state index >= 15 is 0 Å². The zero-order valence-corrected chi connectivity index (χ0v) is 27.6. The second kappa shape index (κ2) is 17.9. The first-order valence-corrected chi connectivity index (χ1v) is 15.7. The molecule has 3 rings (SSSR count). The molecule has 0 unspecified atom stereocenters. The molecule has 0 aliphatic carbocycles. The number of carbonyl (C=O) groups excluding carboxylic acids is 2. The Morgan fingerprint density at radius 2 is 1.45 bits per heavy atom.